The van der Waals surface area contributed by atoms with Gasteiger partial charge in [0, 0.05) is 42.7 Å². The Bertz CT molecular complexity index is 1840. The number of hydrogen-bond donors (Lipinski definition) is 4. The van der Waals surface area contributed by atoms with E-state index >= 15 is 4.79 Å². The molecule has 2 aliphatic carbocycles. The summed E-state index contributed by atoms with van der Waals surface area (Å²) >= 11 is 0. The lowest BCUT2D eigenvalue weighted by Crippen LogP contribution is -2.59. The second-order valence-corrected chi connectivity index (χ2v) is 18.7. The number of carbonyl (C=O) groups is 2. The molecule has 3 heterocycles. The molecule has 60 heavy (non-hydrogen) atoms. The molecule has 3 unspecified atom stereocenters. The molecular formula is C48H70N8O4. The minimum Gasteiger partial charge on any atom is -0.387 e. The summed E-state index contributed by atoms with van der Waals surface area (Å²) in [5, 5.41) is 18.8. The fraction of sp³-hybridized carbons (Fsp3) is 0.604. The molecular weight excluding hydrogens is 753 g/mol. The molecule has 4 aliphatic rings. The highest BCUT2D eigenvalue weighted by Crippen LogP contribution is 2.41. The van der Waals surface area contributed by atoms with Gasteiger partial charge in [0.2, 0.25) is 11.8 Å². The monoisotopic (exact) mass is 823 g/mol. The van der Waals surface area contributed by atoms with E-state index in [9.17, 15) is 4.79 Å². The van der Waals surface area contributed by atoms with Crippen LogP contribution in [0.2, 0.25) is 0 Å². The van der Waals surface area contributed by atoms with Crippen LogP contribution in [0.3, 0.4) is 0 Å². The van der Waals surface area contributed by atoms with Gasteiger partial charge in [0.15, 0.2) is 5.60 Å². The Balaban J connectivity index is 1.29. The standard InChI is InChI=1S/C48H70N8O4/c1-10-18-38(43(59-31(3)11-2)34(6)51-37-23-24-37)54-45(57)41-28-48(27-39(55-60-48)35-19-14-12-15-20-35)30-56(41)46(58)44(47(7,8)9)53-33(5)42(36-21-16-13-17-22-36)52-32(4)40-29-49-25-26-50-40/h12,14-15,19-20,25-26,29,31,36-38,41-44,51-53H,4-6,10-11,13,16-18,21-24,27-28,30H2,1-3,7-9H3,(H,54,57)/t31-,38-,41?,42+,43?,44?,48+/m0/s1. The molecule has 0 radical (unpaired) electrons. The zero-order valence-electron chi connectivity index (χ0n) is 37.0. The predicted molar refractivity (Wildman–Crippen MR) is 238 cm³/mol. The second-order valence-electron chi connectivity index (χ2n) is 18.7. The molecule has 2 saturated carbocycles. The van der Waals surface area contributed by atoms with Gasteiger partial charge in [0.1, 0.15) is 23.9 Å². The Labute approximate surface area is 358 Å². The molecule has 4 N–H and O–H groups in total. The quantitative estimate of drug-likeness (QED) is 0.108. The van der Waals surface area contributed by atoms with Crippen LogP contribution in [0.15, 0.2) is 85.2 Å². The first-order valence-electron chi connectivity index (χ1n) is 22.4. The first-order chi connectivity index (χ1) is 28.7. The van der Waals surface area contributed by atoms with Crippen molar-refractivity contribution in [1.82, 2.24) is 36.1 Å². The van der Waals surface area contributed by atoms with Crippen molar-refractivity contribution < 1.29 is 19.2 Å². The van der Waals surface area contributed by atoms with E-state index in [0.29, 0.717) is 42.4 Å². The number of hydrogen-bond acceptors (Lipinski definition) is 10. The van der Waals surface area contributed by atoms with Crippen molar-refractivity contribution in [2.45, 2.75) is 167 Å². The van der Waals surface area contributed by atoms with Crippen LogP contribution in [-0.2, 0) is 19.2 Å². The first kappa shape index (κ1) is 44.8. The lowest BCUT2D eigenvalue weighted by molar-refractivity contribution is -0.143. The molecule has 2 amide bonds. The number of benzene rings is 1. The van der Waals surface area contributed by atoms with Gasteiger partial charge in [0.25, 0.3) is 0 Å². The zero-order valence-corrected chi connectivity index (χ0v) is 37.0. The van der Waals surface area contributed by atoms with Crippen LogP contribution in [0, 0.1) is 11.3 Å². The van der Waals surface area contributed by atoms with E-state index in [1.165, 1.54) is 6.42 Å². The van der Waals surface area contributed by atoms with Crippen LogP contribution in [0.5, 0.6) is 0 Å². The summed E-state index contributed by atoms with van der Waals surface area (Å²) in [7, 11) is 0. The fourth-order valence-corrected chi connectivity index (χ4v) is 8.91. The molecule has 2 aliphatic heterocycles. The maximum atomic E-state index is 15.4. The van der Waals surface area contributed by atoms with Crippen molar-refractivity contribution >= 4 is 23.2 Å². The highest BCUT2D eigenvalue weighted by molar-refractivity contribution is 6.02. The van der Waals surface area contributed by atoms with Crippen molar-refractivity contribution in [1.29, 1.82) is 0 Å². The molecule has 1 aromatic carbocycles. The summed E-state index contributed by atoms with van der Waals surface area (Å²) in [6.07, 6.45) is 15.3. The van der Waals surface area contributed by atoms with Crippen molar-refractivity contribution in [3.8, 4) is 0 Å². The molecule has 326 valence electrons. The normalized spacial score (nSPS) is 23.1. The van der Waals surface area contributed by atoms with Gasteiger partial charge in [-0.1, -0.05) is 116 Å². The van der Waals surface area contributed by atoms with Crippen LogP contribution in [0.4, 0.5) is 0 Å². The summed E-state index contributed by atoms with van der Waals surface area (Å²) in [6, 6.07) is 8.23. The molecule has 6 rings (SSSR count). The summed E-state index contributed by atoms with van der Waals surface area (Å²) < 4.78 is 6.61. The highest BCUT2D eigenvalue weighted by atomic mass is 16.7. The molecule has 0 bridgehead atoms. The number of oxime groups is 1. The Kier molecular flexibility index (Phi) is 14.8. The molecule has 1 saturated heterocycles. The lowest BCUT2D eigenvalue weighted by atomic mass is 9.81. The van der Waals surface area contributed by atoms with Crippen molar-refractivity contribution in [3.63, 3.8) is 0 Å². The largest absolute Gasteiger partial charge is 0.387 e. The average Bonchev–Trinajstić information content (AvgIpc) is 3.84. The third-order valence-corrected chi connectivity index (χ3v) is 12.6. The number of amides is 2. The van der Waals surface area contributed by atoms with Gasteiger partial charge in [-0.25, -0.2) is 0 Å². The summed E-state index contributed by atoms with van der Waals surface area (Å²) in [5.41, 5.74) is 3.13. The minimum atomic E-state index is -0.868. The number of aromatic nitrogens is 2. The van der Waals surface area contributed by atoms with Crippen molar-refractivity contribution in [2.24, 2.45) is 16.5 Å². The number of nitrogens with one attached hydrogen (secondary N) is 4. The zero-order chi connectivity index (χ0) is 43.0. The maximum absolute atomic E-state index is 15.4. The highest BCUT2D eigenvalue weighted by Gasteiger charge is 2.55. The number of likely N-dealkylation sites (tertiary alicyclic amines) is 1. The molecule has 7 atom stereocenters. The van der Waals surface area contributed by atoms with E-state index in [0.717, 1.165) is 68.3 Å². The topological polar surface area (TPSA) is 142 Å². The summed E-state index contributed by atoms with van der Waals surface area (Å²) in [6.45, 7) is 25.9. The Morgan fingerprint density at radius 1 is 0.983 bits per heavy atom. The van der Waals surface area contributed by atoms with E-state index in [4.69, 9.17) is 9.57 Å². The predicted octanol–water partition coefficient (Wildman–Crippen LogP) is 7.40. The van der Waals surface area contributed by atoms with Gasteiger partial charge in [0.05, 0.1) is 42.3 Å². The Morgan fingerprint density at radius 3 is 2.35 bits per heavy atom. The molecule has 12 heteroatoms. The minimum absolute atomic E-state index is 0.0336. The van der Waals surface area contributed by atoms with Gasteiger partial charge >= 0.3 is 0 Å². The lowest BCUT2D eigenvalue weighted by Gasteiger charge is -2.40. The SMILES string of the molecule is C=C(N[C@H](C(=C)NC(C(=O)N1C[C@@]2(CC(c3ccccc3)=NO2)CC1C(=O)N[C@@H](CCC)C(O[C@@H](C)CC)C(=C)NC1CC1)C(C)(C)C)C1CCCCC1)c1cnccn1. The van der Waals surface area contributed by atoms with Gasteiger partial charge in [-0.2, -0.15) is 0 Å². The van der Waals surface area contributed by atoms with Gasteiger partial charge in [-0.15, -0.1) is 0 Å². The molecule has 3 fully saturated rings. The maximum Gasteiger partial charge on any atom is 0.246 e. The van der Waals surface area contributed by atoms with Crippen molar-refractivity contribution in [2.75, 3.05) is 6.54 Å². The molecule has 1 aromatic heterocycles. The van der Waals surface area contributed by atoms with Crippen LogP contribution in [-0.4, -0.2) is 87.0 Å². The van der Waals surface area contributed by atoms with Crippen LogP contribution < -0.4 is 21.3 Å². The molecule has 2 aromatic rings. The number of ether oxygens (including phenoxy) is 1. The van der Waals surface area contributed by atoms with E-state index in [1.54, 1.807) is 23.5 Å². The van der Waals surface area contributed by atoms with Crippen LogP contribution in [0.1, 0.15) is 130 Å². The average molecular weight is 823 g/mol. The number of nitrogens with zero attached hydrogens (tertiary/aromatic N) is 4. The Hall–Kier alpha value is -4.71. The summed E-state index contributed by atoms with van der Waals surface area (Å²) in [5.74, 6) is -0.144. The fourth-order valence-electron chi connectivity index (χ4n) is 8.91. The molecule has 12 nitrogen and oxygen atoms in total. The van der Waals surface area contributed by atoms with E-state index in [2.05, 4.69) is 76.9 Å². The summed E-state index contributed by atoms with van der Waals surface area (Å²) in [4.78, 5) is 47.1. The first-order valence-corrected chi connectivity index (χ1v) is 22.4. The van der Waals surface area contributed by atoms with Gasteiger partial charge in [-0.05, 0) is 62.3 Å². The smallest absolute Gasteiger partial charge is 0.246 e. The Morgan fingerprint density at radius 2 is 1.72 bits per heavy atom. The second kappa shape index (κ2) is 19.8. The molecule has 1 spiro atoms. The van der Waals surface area contributed by atoms with Gasteiger partial charge < -0.3 is 35.7 Å². The third-order valence-electron chi connectivity index (χ3n) is 12.6. The third kappa shape index (κ3) is 11.2. The van der Waals surface area contributed by atoms with Crippen LogP contribution >= 0.6 is 0 Å². The van der Waals surface area contributed by atoms with Crippen LogP contribution in [0.25, 0.3) is 5.70 Å². The number of carbonyl (C=O) groups excluding carboxylic acids is 2. The number of rotatable bonds is 20. The van der Waals surface area contributed by atoms with E-state index in [1.807, 2.05) is 51.1 Å². The van der Waals surface area contributed by atoms with E-state index in [-0.39, 0.29) is 42.5 Å². The van der Waals surface area contributed by atoms with Gasteiger partial charge in [-0.3, -0.25) is 19.6 Å². The van der Waals surface area contributed by atoms with Crippen molar-refractivity contribution in [3.05, 3.63) is 91.3 Å². The van der Waals surface area contributed by atoms with E-state index < -0.39 is 29.2 Å².